The van der Waals surface area contributed by atoms with Crippen LogP contribution in [-0.2, 0) is 4.79 Å². The maximum absolute atomic E-state index is 11.6. The van der Waals surface area contributed by atoms with Crippen LogP contribution in [0.5, 0.6) is 0 Å². The lowest BCUT2D eigenvalue weighted by Gasteiger charge is -2.06. The van der Waals surface area contributed by atoms with Gasteiger partial charge in [0.05, 0.1) is 27.1 Å². The van der Waals surface area contributed by atoms with Crippen molar-refractivity contribution in [1.29, 1.82) is 0 Å². The van der Waals surface area contributed by atoms with E-state index in [2.05, 4.69) is 5.32 Å². The molecule has 96 valence electrons. The first-order valence-electron chi connectivity index (χ1n) is 4.53. The quantitative estimate of drug-likeness (QED) is 0.638. The summed E-state index contributed by atoms with van der Waals surface area (Å²) in [6.45, 7) is -0.407. The van der Waals surface area contributed by atoms with Crippen LogP contribution in [0.25, 0.3) is 0 Å². The number of halogens is 2. The Morgan fingerprint density at radius 1 is 1.39 bits per heavy atom. The summed E-state index contributed by atoms with van der Waals surface area (Å²) in [5, 5.41) is 12.5. The van der Waals surface area contributed by atoms with Gasteiger partial charge in [0.2, 0.25) is 5.91 Å². The van der Waals surface area contributed by atoms with E-state index in [9.17, 15) is 19.7 Å². The van der Waals surface area contributed by atoms with Crippen LogP contribution in [0.1, 0.15) is 10.4 Å². The fourth-order valence-electron chi connectivity index (χ4n) is 1.11. The summed E-state index contributed by atoms with van der Waals surface area (Å²) < 4.78 is 0. The van der Waals surface area contributed by atoms with Crippen LogP contribution in [0.4, 0.5) is 5.69 Å². The number of carbonyl (C=O) groups is 2. The van der Waals surface area contributed by atoms with E-state index < -0.39 is 23.3 Å². The van der Waals surface area contributed by atoms with E-state index in [0.29, 0.717) is 0 Å². The molecule has 0 heterocycles. The maximum Gasteiger partial charge on any atom is 0.271 e. The number of carbonyl (C=O) groups excluding carboxylic acids is 2. The third-order valence-corrected chi connectivity index (χ3v) is 2.69. The molecule has 7 nitrogen and oxygen atoms in total. The van der Waals surface area contributed by atoms with Gasteiger partial charge in [0.15, 0.2) is 0 Å². The van der Waals surface area contributed by atoms with Gasteiger partial charge in [-0.3, -0.25) is 19.7 Å². The molecule has 0 aliphatic carbocycles. The van der Waals surface area contributed by atoms with Crippen LogP contribution in [0.2, 0.25) is 10.0 Å². The highest BCUT2D eigenvalue weighted by molar-refractivity contribution is 6.44. The maximum atomic E-state index is 11.6. The molecule has 0 spiro atoms. The van der Waals surface area contributed by atoms with Crippen molar-refractivity contribution in [2.45, 2.75) is 0 Å². The van der Waals surface area contributed by atoms with E-state index in [4.69, 9.17) is 28.9 Å². The normalized spacial score (nSPS) is 9.89. The van der Waals surface area contributed by atoms with Crippen LogP contribution in [-0.4, -0.2) is 23.3 Å². The van der Waals surface area contributed by atoms with Crippen molar-refractivity contribution in [2.24, 2.45) is 5.73 Å². The highest BCUT2D eigenvalue weighted by Gasteiger charge is 2.19. The van der Waals surface area contributed by atoms with Crippen molar-refractivity contribution in [2.75, 3.05) is 6.54 Å². The van der Waals surface area contributed by atoms with E-state index in [1.165, 1.54) is 0 Å². The molecule has 0 atom stereocenters. The van der Waals surface area contributed by atoms with Gasteiger partial charge >= 0.3 is 0 Å². The third kappa shape index (κ3) is 3.31. The van der Waals surface area contributed by atoms with Gasteiger partial charge in [-0.1, -0.05) is 23.2 Å². The van der Waals surface area contributed by atoms with Crippen molar-refractivity contribution in [1.82, 2.24) is 5.32 Å². The topological polar surface area (TPSA) is 115 Å². The smallest absolute Gasteiger partial charge is 0.271 e. The second-order valence-corrected chi connectivity index (χ2v) is 3.98. The number of amides is 2. The Balaban J connectivity index is 3.10. The molecule has 2 amide bonds. The predicted octanol–water partition coefficient (Wildman–Crippen LogP) is 1.12. The van der Waals surface area contributed by atoms with Crippen LogP contribution < -0.4 is 11.1 Å². The largest absolute Gasteiger partial charge is 0.368 e. The molecular formula is C9H7Cl2N3O4. The first kappa shape index (κ1) is 14.2. The second kappa shape index (κ2) is 5.65. The van der Waals surface area contributed by atoms with Gasteiger partial charge in [-0.15, -0.1) is 0 Å². The number of rotatable bonds is 4. The molecule has 0 radical (unpaired) electrons. The van der Waals surface area contributed by atoms with Gasteiger partial charge in [0, 0.05) is 12.1 Å². The van der Waals surface area contributed by atoms with Gasteiger partial charge in [-0.25, -0.2) is 0 Å². The molecule has 0 bridgehead atoms. The molecular weight excluding hydrogens is 285 g/mol. The molecule has 0 fully saturated rings. The summed E-state index contributed by atoms with van der Waals surface area (Å²) in [6, 6.07) is 1.99. The van der Waals surface area contributed by atoms with Crippen LogP contribution in [0.15, 0.2) is 12.1 Å². The SMILES string of the molecule is NC(=O)CNC(=O)c1cc([N+](=O)[O-])cc(Cl)c1Cl. The van der Waals surface area contributed by atoms with Gasteiger partial charge in [-0.2, -0.15) is 0 Å². The fraction of sp³-hybridized carbons (Fsp3) is 0.111. The van der Waals surface area contributed by atoms with E-state index in [-0.39, 0.29) is 21.3 Å². The molecule has 0 unspecified atom stereocenters. The highest BCUT2D eigenvalue weighted by atomic mass is 35.5. The lowest BCUT2D eigenvalue weighted by Crippen LogP contribution is -2.33. The minimum atomic E-state index is -0.774. The average Bonchev–Trinajstić information content (AvgIpc) is 2.29. The Morgan fingerprint density at radius 2 is 2.00 bits per heavy atom. The number of non-ortho nitro benzene ring substituents is 1. The number of hydrogen-bond acceptors (Lipinski definition) is 4. The predicted molar refractivity (Wildman–Crippen MR) is 64.6 cm³/mol. The van der Waals surface area contributed by atoms with E-state index in [1.807, 2.05) is 0 Å². The summed E-state index contributed by atoms with van der Waals surface area (Å²) in [6.07, 6.45) is 0. The van der Waals surface area contributed by atoms with Gasteiger partial charge in [-0.05, 0) is 0 Å². The monoisotopic (exact) mass is 291 g/mol. The van der Waals surface area contributed by atoms with Crippen molar-refractivity contribution in [3.63, 3.8) is 0 Å². The molecule has 1 rings (SSSR count). The number of primary amides is 1. The summed E-state index contributed by atoms with van der Waals surface area (Å²) in [5.74, 6) is -1.53. The van der Waals surface area contributed by atoms with Crippen LogP contribution in [0, 0.1) is 10.1 Å². The van der Waals surface area contributed by atoms with E-state index in [1.54, 1.807) is 0 Å². The van der Waals surface area contributed by atoms with Crippen LogP contribution >= 0.6 is 23.2 Å². The van der Waals surface area contributed by atoms with E-state index >= 15 is 0 Å². The molecule has 0 saturated heterocycles. The Bertz CT molecular complexity index is 533. The van der Waals surface area contributed by atoms with Crippen molar-refractivity contribution < 1.29 is 14.5 Å². The molecule has 0 saturated carbocycles. The zero-order valence-corrected chi connectivity index (χ0v) is 10.3. The molecule has 9 heteroatoms. The number of nitrogens with zero attached hydrogens (tertiary/aromatic N) is 1. The van der Waals surface area contributed by atoms with Crippen molar-refractivity contribution in [3.05, 3.63) is 37.9 Å². The Hall–Kier alpha value is -1.86. The number of benzene rings is 1. The zero-order valence-electron chi connectivity index (χ0n) is 8.78. The first-order chi connectivity index (χ1) is 8.32. The third-order valence-electron chi connectivity index (χ3n) is 1.89. The molecule has 0 aliphatic heterocycles. The molecule has 0 aromatic heterocycles. The molecule has 0 aliphatic rings. The minimum absolute atomic E-state index is 0.130. The lowest BCUT2D eigenvalue weighted by atomic mass is 10.2. The minimum Gasteiger partial charge on any atom is -0.368 e. The average molecular weight is 292 g/mol. The Kier molecular flexibility index (Phi) is 4.46. The number of nitro benzene ring substituents is 1. The lowest BCUT2D eigenvalue weighted by molar-refractivity contribution is -0.384. The van der Waals surface area contributed by atoms with Crippen molar-refractivity contribution >= 4 is 40.7 Å². The molecule has 1 aromatic carbocycles. The second-order valence-electron chi connectivity index (χ2n) is 3.20. The number of nitrogens with two attached hydrogens (primary N) is 1. The summed E-state index contributed by atoms with van der Waals surface area (Å²) in [7, 11) is 0. The standard InChI is InChI=1S/C9H7Cl2N3O4/c10-6-2-4(14(17)18)1-5(8(6)11)9(16)13-3-7(12)15/h1-2H,3H2,(H2,12,15)(H,13,16). The van der Waals surface area contributed by atoms with Crippen molar-refractivity contribution in [3.8, 4) is 0 Å². The zero-order chi connectivity index (χ0) is 13.9. The molecule has 1 aromatic rings. The van der Waals surface area contributed by atoms with E-state index in [0.717, 1.165) is 12.1 Å². The van der Waals surface area contributed by atoms with Gasteiger partial charge < -0.3 is 11.1 Å². The fourth-order valence-corrected chi connectivity index (χ4v) is 1.52. The van der Waals surface area contributed by atoms with Gasteiger partial charge in [0.1, 0.15) is 0 Å². The first-order valence-corrected chi connectivity index (χ1v) is 5.28. The Morgan fingerprint density at radius 3 is 2.50 bits per heavy atom. The van der Waals surface area contributed by atoms with Crippen LogP contribution in [0.3, 0.4) is 0 Å². The summed E-state index contributed by atoms with van der Waals surface area (Å²) in [5.41, 5.74) is 4.27. The highest BCUT2D eigenvalue weighted by Crippen LogP contribution is 2.30. The molecule has 18 heavy (non-hydrogen) atoms. The van der Waals surface area contributed by atoms with Gasteiger partial charge in [0.25, 0.3) is 11.6 Å². The Labute approximate surface area is 111 Å². The number of nitrogens with one attached hydrogen (secondary N) is 1. The number of hydrogen-bond donors (Lipinski definition) is 2. The summed E-state index contributed by atoms with van der Waals surface area (Å²) in [4.78, 5) is 32.0. The number of nitro groups is 1. The summed E-state index contributed by atoms with van der Waals surface area (Å²) >= 11 is 11.4. The molecule has 3 N–H and O–H groups in total.